The van der Waals surface area contributed by atoms with E-state index < -0.39 is 7.14 Å². The summed E-state index contributed by atoms with van der Waals surface area (Å²) in [5, 5.41) is 2.09. The normalized spacial score (nSPS) is 11.8. The lowest BCUT2D eigenvalue weighted by molar-refractivity contribution is 0.107. The van der Waals surface area contributed by atoms with Crippen LogP contribution in [-0.4, -0.2) is 10.1 Å². The summed E-state index contributed by atoms with van der Waals surface area (Å²) in [5.74, 6) is 0. The van der Waals surface area contributed by atoms with Crippen molar-refractivity contribution in [1.82, 2.24) is 4.57 Å². The summed E-state index contributed by atoms with van der Waals surface area (Å²) >= 11 is 0. The molecule has 0 fully saturated rings. The molecule has 4 aromatic rings. The Bertz CT molecular complexity index is 1320. The number of hydrogen-bond acceptors (Lipinski definition) is 2. The van der Waals surface area contributed by atoms with Crippen molar-refractivity contribution in [3.63, 3.8) is 0 Å². The molecule has 0 saturated heterocycles. The molecule has 0 radical (unpaired) electrons. The highest BCUT2D eigenvalue weighted by Gasteiger charge is 2.36. The Morgan fingerprint density at radius 2 is 1.56 bits per heavy atom. The zero-order valence-corrected chi connectivity index (χ0v) is 19.3. The number of aryl methyl sites for hydroxylation is 2. The number of nitrogens with zero attached hydrogens (tertiary/aromatic N) is 1. The van der Waals surface area contributed by atoms with E-state index in [0.29, 0.717) is 16.2 Å². The Labute approximate surface area is 189 Å². The highest BCUT2D eigenvalue weighted by molar-refractivity contribution is 7.93. The average molecular weight is 439 g/mol. The first-order valence-electron chi connectivity index (χ1n) is 10.7. The van der Waals surface area contributed by atoms with E-state index in [-0.39, 0.29) is 5.52 Å². The third-order valence-corrected chi connectivity index (χ3v) is 8.73. The molecule has 32 heavy (non-hydrogen) atoms. The Kier molecular flexibility index (Phi) is 6.12. The van der Waals surface area contributed by atoms with Crippen LogP contribution in [0.1, 0.15) is 28.5 Å². The van der Waals surface area contributed by atoms with Gasteiger partial charge in [0.2, 0.25) is 12.7 Å². The molecule has 1 aromatic heterocycles. The maximum Gasteiger partial charge on any atom is 0.230 e. The summed E-state index contributed by atoms with van der Waals surface area (Å²) in [6.45, 7) is 8.73. The van der Waals surface area contributed by atoms with Gasteiger partial charge in [-0.05, 0) is 43.7 Å². The molecule has 0 atom stereocenters. The van der Waals surface area contributed by atoms with Gasteiger partial charge in [0.15, 0.2) is 0 Å². The molecule has 3 aromatic carbocycles. The average Bonchev–Trinajstić information content (AvgIpc) is 3.12. The second-order valence-electron chi connectivity index (χ2n) is 7.67. The van der Waals surface area contributed by atoms with Crippen LogP contribution in [0.5, 0.6) is 0 Å². The van der Waals surface area contributed by atoms with Crippen molar-refractivity contribution in [2.24, 2.45) is 0 Å². The van der Waals surface area contributed by atoms with Crippen LogP contribution < -0.4 is 10.6 Å². The van der Waals surface area contributed by atoms with Gasteiger partial charge in [-0.2, -0.15) is 0 Å². The topological polar surface area (TPSA) is 39.1 Å². The molecule has 0 spiro atoms. The summed E-state index contributed by atoms with van der Waals surface area (Å²) < 4.78 is 16.6. The van der Waals surface area contributed by atoms with E-state index in [9.17, 15) is 9.36 Å². The van der Waals surface area contributed by atoms with Crippen LogP contribution in [0.4, 0.5) is 0 Å². The van der Waals surface area contributed by atoms with Crippen molar-refractivity contribution in [3.05, 3.63) is 114 Å². The van der Waals surface area contributed by atoms with Gasteiger partial charge in [-0.15, -0.1) is 0 Å². The van der Waals surface area contributed by atoms with E-state index in [4.69, 9.17) is 0 Å². The molecule has 0 aliphatic heterocycles. The van der Waals surface area contributed by atoms with Gasteiger partial charge < -0.3 is 9.13 Å². The first kappa shape index (κ1) is 21.8. The number of carbonyl (C=O) groups is 1. The van der Waals surface area contributed by atoms with E-state index >= 15 is 0 Å². The smallest absolute Gasteiger partial charge is 0.230 e. The fourth-order valence-corrected chi connectivity index (χ4v) is 6.68. The first-order valence-corrected chi connectivity index (χ1v) is 12.4. The van der Waals surface area contributed by atoms with Gasteiger partial charge in [-0.1, -0.05) is 79.4 Å². The number of carbonyl (C=O) groups excluding carboxylic acids is 1. The maximum atomic E-state index is 14.4. The fourth-order valence-electron chi connectivity index (χ4n) is 4.23. The lowest BCUT2D eigenvalue weighted by Crippen LogP contribution is -2.22. The largest absolute Gasteiger partial charge is 0.341 e. The molecule has 0 saturated carbocycles. The van der Waals surface area contributed by atoms with Gasteiger partial charge >= 0.3 is 0 Å². The third-order valence-electron chi connectivity index (χ3n) is 5.85. The summed E-state index contributed by atoms with van der Waals surface area (Å²) in [7, 11) is -3.53. The molecule has 4 rings (SSSR count). The van der Waals surface area contributed by atoms with E-state index in [1.165, 1.54) is 0 Å². The number of fused-ring (bicyclic) bond motifs is 1. The van der Waals surface area contributed by atoms with E-state index in [1.807, 2.05) is 60.7 Å². The lowest BCUT2D eigenvalue weighted by atomic mass is 10.1. The van der Waals surface area contributed by atoms with Crippen molar-refractivity contribution in [2.45, 2.75) is 20.4 Å². The number of hydrogen-bond donors (Lipinski definition) is 0. The zero-order valence-electron chi connectivity index (χ0n) is 18.4. The van der Waals surface area contributed by atoms with Crippen LogP contribution in [0.3, 0.4) is 0 Å². The zero-order chi connectivity index (χ0) is 22.7. The molecule has 3 nitrogen and oxygen atoms in total. The number of allylic oxidation sites excluding steroid dienone is 2. The SMILES string of the molecule is C=C/C=C\c1c(C)c2cc(C(=O)P(=O)(c3ccccc3)c3ccccc3)ccc2n1CC. The van der Waals surface area contributed by atoms with Gasteiger partial charge in [-0.25, -0.2) is 0 Å². The second-order valence-corrected chi connectivity index (χ2v) is 10.3. The van der Waals surface area contributed by atoms with E-state index in [2.05, 4.69) is 25.0 Å². The van der Waals surface area contributed by atoms with Crippen LogP contribution >= 0.6 is 7.14 Å². The quantitative estimate of drug-likeness (QED) is 0.250. The maximum absolute atomic E-state index is 14.4. The van der Waals surface area contributed by atoms with Crippen LogP contribution in [0.25, 0.3) is 17.0 Å². The minimum Gasteiger partial charge on any atom is -0.341 e. The summed E-state index contributed by atoms with van der Waals surface area (Å²) in [5.41, 5.74) is 3.34. The van der Waals surface area contributed by atoms with Crippen molar-refractivity contribution in [3.8, 4) is 0 Å². The van der Waals surface area contributed by atoms with Gasteiger partial charge in [0, 0.05) is 39.3 Å². The molecule has 0 amide bonds. The van der Waals surface area contributed by atoms with Gasteiger partial charge in [-0.3, -0.25) is 4.79 Å². The first-order chi connectivity index (χ1) is 15.5. The molecular formula is C28H26NO2P. The second kappa shape index (κ2) is 8.98. The van der Waals surface area contributed by atoms with Crippen molar-refractivity contribution in [2.75, 3.05) is 0 Å². The summed E-state index contributed by atoms with van der Waals surface area (Å²) in [6, 6.07) is 23.8. The highest BCUT2D eigenvalue weighted by Crippen LogP contribution is 2.47. The van der Waals surface area contributed by atoms with Gasteiger partial charge in [0.25, 0.3) is 0 Å². The Morgan fingerprint density at radius 1 is 0.969 bits per heavy atom. The lowest BCUT2D eigenvalue weighted by Gasteiger charge is -2.18. The standard InChI is InChI=1S/C28H26NO2P/c1-4-6-17-26-21(3)25-20-22(18-19-27(25)29(26)5-2)28(30)32(31,23-13-9-7-10-14-23)24-15-11-8-12-16-24/h4,6-20H,1,5H2,2-3H3/b17-6-. The molecule has 0 aliphatic carbocycles. The molecule has 0 unspecified atom stereocenters. The minimum absolute atomic E-state index is 0.344. The molecule has 0 aliphatic rings. The number of aromatic nitrogens is 1. The minimum atomic E-state index is -3.53. The van der Waals surface area contributed by atoms with E-state index in [1.54, 1.807) is 36.4 Å². The summed E-state index contributed by atoms with van der Waals surface area (Å²) in [6.07, 6.45) is 5.70. The number of benzene rings is 3. The molecule has 0 bridgehead atoms. The predicted octanol–water partition coefficient (Wildman–Crippen LogP) is 6.32. The van der Waals surface area contributed by atoms with Crippen LogP contribution in [0.15, 0.2) is 97.6 Å². The molecule has 160 valence electrons. The van der Waals surface area contributed by atoms with Gasteiger partial charge in [0.05, 0.1) is 0 Å². The van der Waals surface area contributed by atoms with Crippen molar-refractivity contribution in [1.29, 1.82) is 0 Å². The molecular weight excluding hydrogens is 413 g/mol. The van der Waals surface area contributed by atoms with Crippen LogP contribution in [-0.2, 0) is 11.1 Å². The van der Waals surface area contributed by atoms with Crippen LogP contribution in [0, 0.1) is 6.92 Å². The third kappa shape index (κ3) is 3.59. The van der Waals surface area contributed by atoms with Gasteiger partial charge in [0.1, 0.15) is 0 Å². The summed E-state index contributed by atoms with van der Waals surface area (Å²) in [4.78, 5) is 13.9. The monoisotopic (exact) mass is 439 g/mol. The Morgan fingerprint density at radius 3 is 2.09 bits per heavy atom. The van der Waals surface area contributed by atoms with Crippen LogP contribution in [0.2, 0.25) is 0 Å². The number of rotatable bonds is 7. The van der Waals surface area contributed by atoms with Crippen molar-refractivity contribution >= 4 is 40.3 Å². The molecule has 1 heterocycles. The van der Waals surface area contributed by atoms with E-state index in [0.717, 1.165) is 28.7 Å². The molecule has 4 heteroatoms. The highest BCUT2D eigenvalue weighted by atomic mass is 31.2. The molecule has 0 N–H and O–H groups in total. The van der Waals surface area contributed by atoms with Crippen molar-refractivity contribution < 1.29 is 9.36 Å². The fraction of sp³-hybridized carbons (Fsp3) is 0.107. The Balaban J connectivity index is 1.91. The Hall–Kier alpha value is -3.42. The predicted molar refractivity (Wildman–Crippen MR) is 136 cm³/mol.